The molecule has 1 fully saturated rings. The highest BCUT2D eigenvalue weighted by Crippen LogP contribution is 2.30. The molecule has 1 aliphatic carbocycles. The molecule has 1 aromatic rings. The molecule has 1 amide bonds. The van der Waals surface area contributed by atoms with Crippen molar-refractivity contribution in [3.8, 4) is 0 Å². The van der Waals surface area contributed by atoms with Crippen molar-refractivity contribution in [2.75, 3.05) is 5.32 Å². The maximum atomic E-state index is 11.9. The van der Waals surface area contributed by atoms with Gasteiger partial charge in [-0.25, -0.2) is 0 Å². The molecule has 0 bridgehead atoms. The minimum atomic E-state index is -0.623. The van der Waals surface area contributed by atoms with E-state index >= 15 is 0 Å². The van der Waals surface area contributed by atoms with E-state index in [-0.39, 0.29) is 5.91 Å². The molecule has 3 heteroatoms. The third kappa shape index (κ3) is 2.67. The van der Waals surface area contributed by atoms with Crippen molar-refractivity contribution in [1.29, 1.82) is 0 Å². The lowest BCUT2D eigenvalue weighted by Gasteiger charge is -2.36. The molecule has 2 rings (SSSR count). The number of carbonyl (C=O) groups is 1. The third-order valence-electron chi connectivity index (χ3n) is 3.45. The molecule has 3 N–H and O–H groups in total. The highest BCUT2D eigenvalue weighted by molar-refractivity contribution is 5.98. The number of benzene rings is 1. The fourth-order valence-electron chi connectivity index (χ4n) is 2.08. The smallest absolute Gasteiger partial charge is 0.244 e. The van der Waals surface area contributed by atoms with Crippen LogP contribution in [-0.4, -0.2) is 11.4 Å². The lowest BCUT2D eigenvalue weighted by molar-refractivity contribution is -0.123. The zero-order valence-electron chi connectivity index (χ0n) is 10.3. The van der Waals surface area contributed by atoms with Gasteiger partial charge in [0.2, 0.25) is 5.91 Å². The summed E-state index contributed by atoms with van der Waals surface area (Å²) in [5.74, 6) is -0.0491. The van der Waals surface area contributed by atoms with Gasteiger partial charge >= 0.3 is 0 Å². The SMILES string of the molecule is CCCc1ccc(NC(=O)C2(N)CCC2)cc1. The largest absolute Gasteiger partial charge is 0.324 e. The van der Waals surface area contributed by atoms with Gasteiger partial charge in [-0.3, -0.25) is 4.79 Å². The molecule has 0 radical (unpaired) electrons. The van der Waals surface area contributed by atoms with Crippen molar-refractivity contribution in [2.45, 2.75) is 44.6 Å². The Kier molecular flexibility index (Phi) is 3.48. The monoisotopic (exact) mass is 232 g/mol. The normalized spacial score (nSPS) is 17.3. The predicted octanol–water partition coefficient (Wildman–Crippen LogP) is 2.46. The number of nitrogens with one attached hydrogen (secondary N) is 1. The van der Waals surface area contributed by atoms with Crippen LogP contribution in [0.15, 0.2) is 24.3 Å². The Balaban J connectivity index is 1.96. The molecule has 1 aromatic carbocycles. The van der Waals surface area contributed by atoms with E-state index in [0.29, 0.717) is 0 Å². The number of amides is 1. The van der Waals surface area contributed by atoms with Crippen LogP contribution in [0.4, 0.5) is 5.69 Å². The first-order valence-corrected chi connectivity index (χ1v) is 6.33. The second-order valence-electron chi connectivity index (χ2n) is 4.91. The van der Waals surface area contributed by atoms with E-state index in [1.807, 2.05) is 12.1 Å². The van der Waals surface area contributed by atoms with Crippen LogP contribution < -0.4 is 11.1 Å². The first-order chi connectivity index (χ1) is 8.14. The summed E-state index contributed by atoms with van der Waals surface area (Å²) >= 11 is 0. The number of carbonyl (C=O) groups excluding carboxylic acids is 1. The van der Waals surface area contributed by atoms with Crippen LogP contribution in [0.1, 0.15) is 38.2 Å². The van der Waals surface area contributed by atoms with Gasteiger partial charge in [0.25, 0.3) is 0 Å². The van der Waals surface area contributed by atoms with Crippen LogP contribution >= 0.6 is 0 Å². The van der Waals surface area contributed by atoms with Gasteiger partial charge in [0.05, 0.1) is 5.54 Å². The number of hydrogen-bond acceptors (Lipinski definition) is 2. The maximum absolute atomic E-state index is 11.9. The average molecular weight is 232 g/mol. The summed E-state index contributed by atoms with van der Waals surface area (Å²) in [4.78, 5) is 11.9. The highest BCUT2D eigenvalue weighted by Gasteiger charge is 2.39. The van der Waals surface area contributed by atoms with E-state index in [4.69, 9.17) is 5.73 Å². The zero-order chi connectivity index (χ0) is 12.3. The molecule has 0 saturated heterocycles. The molecule has 0 aliphatic heterocycles. The third-order valence-corrected chi connectivity index (χ3v) is 3.45. The van der Waals surface area contributed by atoms with Crippen LogP contribution in [0.3, 0.4) is 0 Å². The molecule has 0 unspecified atom stereocenters. The van der Waals surface area contributed by atoms with Gasteiger partial charge in [0, 0.05) is 5.69 Å². The van der Waals surface area contributed by atoms with Gasteiger partial charge in [0.15, 0.2) is 0 Å². The van der Waals surface area contributed by atoms with Crippen molar-refractivity contribution in [3.05, 3.63) is 29.8 Å². The molecule has 1 aliphatic rings. The van der Waals surface area contributed by atoms with Gasteiger partial charge in [-0.1, -0.05) is 25.5 Å². The van der Waals surface area contributed by atoms with E-state index in [1.54, 1.807) is 0 Å². The summed E-state index contributed by atoms with van der Waals surface area (Å²) in [6.45, 7) is 2.16. The van der Waals surface area contributed by atoms with E-state index in [0.717, 1.165) is 37.8 Å². The second-order valence-corrected chi connectivity index (χ2v) is 4.91. The second kappa shape index (κ2) is 4.88. The lowest BCUT2D eigenvalue weighted by atomic mass is 9.77. The van der Waals surface area contributed by atoms with Crippen LogP contribution in [0.25, 0.3) is 0 Å². The lowest BCUT2D eigenvalue weighted by Crippen LogP contribution is -2.56. The van der Waals surface area contributed by atoms with E-state index in [9.17, 15) is 4.79 Å². The molecule has 17 heavy (non-hydrogen) atoms. The fraction of sp³-hybridized carbons (Fsp3) is 0.500. The zero-order valence-corrected chi connectivity index (χ0v) is 10.3. The quantitative estimate of drug-likeness (QED) is 0.837. The summed E-state index contributed by atoms with van der Waals surface area (Å²) in [5, 5.41) is 2.89. The van der Waals surface area contributed by atoms with Crippen molar-refractivity contribution in [3.63, 3.8) is 0 Å². The average Bonchev–Trinajstić information content (AvgIpc) is 2.29. The Morgan fingerprint density at radius 1 is 1.35 bits per heavy atom. The first-order valence-electron chi connectivity index (χ1n) is 6.33. The number of anilines is 1. The molecule has 1 saturated carbocycles. The van der Waals surface area contributed by atoms with E-state index in [1.165, 1.54) is 5.56 Å². The first kappa shape index (κ1) is 12.1. The molecular formula is C14H20N2O. The summed E-state index contributed by atoms with van der Waals surface area (Å²) < 4.78 is 0. The van der Waals surface area contributed by atoms with Gasteiger partial charge in [0.1, 0.15) is 0 Å². The Morgan fingerprint density at radius 3 is 2.47 bits per heavy atom. The summed E-state index contributed by atoms with van der Waals surface area (Å²) in [5.41, 5.74) is 7.48. The predicted molar refractivity (Wildman–Crippen MR) is 69.8 cm³/mol. The van der Waals surface area contributed by atoms with Crippen LogP contribution in [0.2, 0.25) is 0 Å². The van der Waals surface area contributed by atoms with E-state index in [2.05, 4.69) is 24.4 Å². The van der Waals surface area contributed by atoms with Crippen LogP contribution in [0.5, 0.6) is 0 Å². The molecular weight excluding hydrogens is 212 g/mol. The van der Waals surface area contributed by atoms with Gasteiger partial charge < -0.3 is 11.1 Å². The van der Waals surface area contributed by atoms with Crippen LogP contribution in [-0.2, 0) is 11.2 Å². The standard InChI is InChI=1S/C14H20N2O/c1-2-4-11-5-7-12(8-6-11)16-13(17)14(15)9-3-10-14/h5-8H,2-4,9-10,15H2,1H3,(H,16,17). The van der Waals surface area contributed by atoms with Crippen molar-refractivity contribution in [2.24, 2.45) is 5.73 Å². The fourth-order valence-corrected chi connectivity index (χ4v) is 2.08. The van der Waals surface area contributed by atoms with Crippen LogP contribution in [0, 0.1) is 0 Å². The number of nitrogens with two attached hydrogens (primary N) is 1. The number of rotatable bonds is 4. The summed E-state index contributed by atoms with van der Waals surface area (Å²) in [6, 6.07) is 8.02. The van der Waals surface area contributed by atoms with Gasteiger partial charge in [-0.05, 0) is 43.4 Å². The Bertz CT molecular complexity index is 393. The molecule has 3 nitrogen and oxygen atoms in total. The van der Waals surface area contributed by atoms with Crippen molar-refractivity contribution >= 4 is 11.6 Å². The van der Waals surface area contributed by atoms with Crippen molar-refractivity contribution in [1.82, 2.24) is 0 Å². The molecule has 0 aromatic heterocycles. The molecule has 0 atom stereocenters. The van der Waals surface area contributed by atoms with Crippen molar-refractivity contribution < 1.29 is 4.79 Å². The molecule has 0 heterocycles. The molecule has 0 spiro atoms. The minimum absolute atomic E-state index is 0.0491. The Hall–Kier alpha value is -1.35. The Labute approximate surface area is 102 Å². The topological polar surface area (TPSA) is 55.1 Å². The summed E-state index contributed by atoms with van der Waals surface area (Å²) in [6.07, 6.45) is 4.87. The van der Waals surface area contributed by atoms with E-state index < -0.39 is 5.54 Å². The van der Waals surface area contributed by atoms with Gasteiger partial charge in [-0.15, -0.1) is 0 Å². The minimum Gasteiger partial charge on any atom is -0.324 e. The number of aryl methyl sites for hydroxylation is 1. The summed E-state index contributed by atoms with van der Waals surface area (Å²) in [7, 11) is 0. The van der Waals surface area contributed by atoms with Gasteiger partial charge in [-0.2, -0.15) is 0 Å². The number of hydrogen-bond donors (Lipinski definition) is 2. The molecule has 92 valence electrons. The highest BCUT2D eigenvalue weighted by atomic mass is 16.2. The Morgan fingerprint density at radius 2 is 2.00 bits per heavy atom. The maximum Gasteiger partial charge on any atom is 0.244 e.